The molecule has 2 fully saturated rings. The number of anilines is 2. The fourth-order valence-electron chi connectivity index (χ4n) is 10.1. The maximum atomic E-state index is 14.5. The highest BCUT2D eigenvalue weighted by molar-refractivity contribution is 9.09. The molecule has 2 aromatic rings. The van der Waals surface area contributed by atoms with Gasteiger partial charge in [0.15, 0.2) is 5.72 Å². The smallest absolute Gasteiger partial charge is 0.409 e. The van der Waals surface area contributed by atoms with Crippen LogP contribution in [0.15, 0.2) is 72.4 Å². The molecule has 0 spiro atoms. The summed E-state index contributed by atoms with van der Waals surface area (Å²) in [5.74, 6) is -4.42. The Bertz CT molecular complexity index is 2870. The van der Waals surface area contributed by atoms with Gasteiger partial charge in [-0.3, -0.25) is 29.8 Å². The van der Waals surface area contributed by atoms with E-state index in [0.29, 0.717) is 43.4 Å². The van der Waals surface area contributed by atoms with Crippen molar-refractivity contribution in [3.63, 3.8) is 0 Å². The molecule has 2 saturated heterocycles. The second-order valence-electron chi connectivity index (χ2n) is 22.4. The number of halogens is 2. The van der Waals surface area contributed by atoms with Crippen LogP contribution in [0, 0.1) is 11.8 Å². The number of alkyl halides is 1. The van der Waals surface area contributed by atoms with Crippen LogP contribution in [-0.4, -0.2) is 171 Å². The van der Waals surface area contributed by atoms with Crippen LogP contribution in [0.1, 0.15) is 102 Å². The number of unbranched alkanes of at least 4 members (excludes halogenated alkanes) is 1. The van der Waals surface area contributed by atoms with Crippen LogP contribution in [0.4, 0.5) is 21.0 Å². The highest BCUT2D eigenvalue weighted by atomic mass is 79.9. The molecule has 11 atom stereocenters. The van der Waals surface area contributed by atoms with E-state index in [9.17, 15) is 48.3 Å². The Morgan fingerprint density at radius 1 is 1.06 bits per heavy atom. The van der Waals surface area contributed by atoms with Crippen molar-refractivity contribution in [2.24, 2.45) is 17.6 Å². The van der Waals surface area contributed by atoms with Crippen LogP contribution < -0.4 is 42.0 Å². The summed E-state index contributed by atoms with van der Waals surface area (Å²) < 4.78 is 34.7. The van der Waals surface area contributed by atoms with E-state index < -0.39 is 120 Å². The lowest BCUT2D eigenvalue weighted by molar-refractivity contribution is -0.158. The molecule has 472 valence electrons. The summed E-state index contributed by atoms with van der Waals surface area (Å²) in [6.45, 7) is 14.1. The van der Waals surface area contributed by atoms with Crippen LogP contribution in [0.25, 0.3) is 0 Å². The first-order valence-corrected chi connectivity index (χ1v) is 29.8. The van der Waals surface area contributed by atoms with Crippen molar-refractivity contribution in [3.05, 3.63) is 88.5 Å². The number of hydrogen-bond acceptors (Lipinski definition) is 17. The summed E-state index contributed by atoms with van der Waals surface area (Å²) in [7, 11) is 5.77. The number of amides is 7. The molecule has 5 rings (SSSR count). The molecule has 3 aliphatic rings. The lowest BCUT2D eigenvalue weighted by Gasteiger charge is -2.42. The first-order valence-electron chi connectivity index (χ1n) is 28.3. The largest absolute Gasteiger partial charge is 0.495 e. The molecule has 24 nitrogen and oxygen atoms in total. The fraction of sp³-hybridized carbons (Fsp3) is 0.550. The first kappa shape index (κ1) is 69.9. The molecular formula is C60H82BrClN8O16. The molecule has 7 amide bonds. The number of ether oxygens (including phenoxy) is 6. The minimum atomic E-state index is -1.91. The lowest BCUT2D eigenvalue weighted by Crippen LogP contribution is -2.63. The summed E-state index contributed by atoms with van der Waals surface area (Å²) in [5.41, 5.74) is 4.54. The number of rotatable bonds is 25. The minimum Gasteiger partial charge on any atom is -0.495 e. The minimum absolute atomic E-state index is 0.0620. The molecule has 26 heteroatoms. The molecule has 86 heavy (non-hydrogen) atoms. The maximum Gasteiger partial charge on any atom is 0.409 e. The standard InChI is InChI=1S/C60H82BrClN8O16/c1-33(2)50(65-41(32-71)17-12-13-25-83-55(76)35(4)31-61)53(74)67-42(18-15-24-64-57(63)78)52(73)66-40-22-20-39(21-23-40)54(75)69(8)37(6)56(77)85-47-29-48(72)70(9)43-27-38(28-44(81-10)49(43)62)26-34(3)16-14-19-46(82-11)60(80)30-45(84-58(79)68-60)36(5)51-59(47,7)86-51/h14,16,19-23,27-28,32-33,36-37,41-42,45-47,50-51,65,80H,4,12-13,15,17-18,24-26,29-31H2,1-3,5-11H3,(H,66,73)(H,67,74)(H,68,79)(H3,63,64,78)/b19-14+,34-16+/t36-,37+,41?,42+,45+,46-,47+,50+,51+,59+,60+/m1/s1. The van der Waals surface area contributed by atoms with Gasteiger partial charge in [0.2, 0.25) is 17.7 Å². The molecular weight excluding hydrogens is 1200 g/mol. The van der Waals surface area contributed by atoms with Crippen molar-refractivity contribution < 1.29 is 76.7 Å². The van der Waals surface area contributed by atoms with Crippen molar-refractivity contribution in [1.82, 2.24) is 26.2 Å². The lowest BCUT2D eigenvalue weighted by atomic mass is 9.83. The Balaban J connectivity index is 1.32. The van der Waals surface area contributed by atoms with E-state index in [1.165, 1.54) is 64.4 Å². The molecule has 3 aliphatic heterocycles. The number of carbonyl (C=O) groups excluding carboxylic acids is 9. The third kappa shape index (κ3) is 18.6. The van der Waals surface area contributed by atoms with Gasteiger partial charge in [-0.25, -0.2) is 19.2 Å². The summed E-state index contributed by atoms with van der Waals surface area (Å²) in [6.07, 6.45) is 2.31. The highest BCUT2D eigenvalue weighted by Gasteiger charge is 2.64. The molecule has 1 unspecified atom stereocenters. The summed E-state index contributed by atoms with van der Waals surface area (Å²) in [4.78, 5) is 122. The number of alkyl carbamates (subject to hydrolysis) is 1. The Morgan fingerprint density at radius 3 is 2.38 bits per heavy atom. The van der Waals surface area contributed by atoms with Crippen LogP contribution >= 0.6 is 27.5 Å². The van der Waals surface area contributed by atoms with E-state index in [1.807, 2.05) is 13.0 Å². The number of methoxy groups -OCH3 is 2. The number of primary amides is 1. The number of benzene rings is 2. The number of aliphatic hydroxyl groups is 1. The van der Waals surface area contributed by atoms with Crippen LogP contribution in [-0.2, 0) is 58.9 Å². The fourth-order valence-corrected chi connectivity index (χ4v) is 10.7. The highest BCUT2D eigenvalue weighted by Crippen LogP contribution is 2.49. The Labute approximate surface area is 515 Å². The first-order chi connectivity index (χ1) is 40.6. The number of hydrogen-bond donors (Lipinski definition) is 7. The van der Waals surface area contributed by atoms with Crippen molar-refractivity contribution >= 4 is 92.9 Å². The predicted molar refractivity (Wildman–Crippen MR) is 323 cm³/mol. The normalized spacial score (nSPS) is 24.5. The zero-order valence-corrected chi connectivity index (χ0v) is 52.7. The SMILES string of the molecule is C=C(CBr)C(=O)OCCCCC(C=O)N[C@H](C(=O)N[C@@H](CCCNC(N)=O)C(=O)Nc1ccc(C(=O)N(C)[C@@H](C)C(=O)O[C@H]2CC(=O)N(C)c3cc(cc(OC)c3Cl)C/C(C)=C/C=C/[C@@H](OC)[C@@]3(O)C[C@H](OC(=O)N3)[C@@H](C)[C@@H]3O[C@@]23C)cc1)C(C)C. The molecule has 0 aromatic heterocycles. The molecule has 0 aliphatic carbocycles. The number of nitrogens with one attached hydrogen (secondary N) is 5. The number of urea groups is 1. The predicted octanol–water partition coefficient (Wildman–Crippen LogP) is 5.55. The second-order valence-corrected chi connectivity index (χ2v) is 23.3. The van der Waals surface area contributed by atoms with Gasteiger partial charge in [-0.05, 0) is 107 Å². The van der Waals surface area contributed by atoms with Crippen molar-refractivity contribution in [2.45, 2.75) is 153 Å². The van der Waals surface area contributed by atoms with Gasteiger partial charge in [0.25, 0.3) is 5.91 Å². The molecule has 3 heterocycles. The number of aldehydes is 1. The van der Waals surface area contributed by atoms with Gasteiger partial charge < -0.3 is 69.8 Å². The average molecular weight is 1290 g/mol. The maximum absolute atomic E-state index is 14.5. The number of carbonyl (C=O) groups is 9. The Morgan fingerprint density at radius 2 is 1.76 bits per heavy atom. The Hall–Kier alpha value is -6.90. The quantitative estimate of drug-likeness (QED) is 0.0122. The third-order valence-electron chi connectivity index (χ3n) is 15.6. The summed E-state index contributed by atoms with van der Waals surface area (Å²) >= 11 is 10.0. The van der Waals surface area contributed by atoms with E-state index in [1.54, 1.807) is 52.0 Å². The molecule has 4 bridgehead atoms. The summed E-state index contributed by atoms with van der Waals surface area (Å²) in [5, 5.41) is 26.0. The molecule has 2 aromatic carbocycles. The third-order valence-corrected chi connectivity index (χ3v) is 16.6. The molecule has 0 saturated carbocycles. The van der Waals surface area contributed by atoms with Gasteiger partial charge in [-0.2, -0.15) is 0 Å². The van der Waals surface area contributed by atoms with Gasteiger partial charge >= 0.3 is 24.1 Å². The van der Waals surface area contributed by atoms with Gasteiger partial charge in [0.1, 0.15) is 53.1 Å². The van der Waals surface area contributed by atoms with Crippen LogP contribution in [0.3, 0.4) is 0 Å². The number of likely N-dealkylation sites (N-methyl/N-ethyl adjacent to an activating group) is 1. The monoisotopic (exact) mass is 1280 g/mol. The molecule has 8 N–H and O–H groups in total. The number of esters is 2. The van der Waals surface area contributed by atoms with Gasteiger partial charge in [-0.1, -0.05) is 78.7 Å². The van der Waals surface area contributed by atoms with E-state index >= 15 is 0 Å². The van der Waals surface area contributed by atoms with E-state index in [2.05, 4.69) is 49.1 Å². The zero-order valence-electron chi connectivity index (χ0n) is 50.3. The van der Waals surface area contributed by atoms with Crippen LogP contribution in [0.2, 0.25) is 5.02 Å². The average Bonchev–Trinajstić information content (AvgIpc) is 1.61. The van der Waals surface area contributed by atoms with E-state index in [4.69, 9.17) is 45.8 Å². The van der Waals surface area contributed by atoms with Gasteiger partial charge in [-0.15, -0.1) is 0 Å². The van der Waals surface area contributed by atoms with Gasteiger partial charge in [0.05, 0.1) is 44.0 Å². The number of epoxide rings is 1. The van der Waals surface area contributed by atoms with E-state index in [-0.39, 0.29) is 65.5 Å². The van der Waals surface area contributed by atoms with Crippen molar-refractivity contribution in [2.75, 3.05) is 57.0 Å². The number of nitrogens with two attached hydrogens (primary N) is 1. The topological polar surface area (TPSA) is 325 Å². The number of nitrogens with zero attached hydrogens (tertiary/aromatic N) is 2. The van der Waals surface area contributed by atoms with Crippen molar-refractivity contribution in [1.29, 1.82) is 0 Å². The second kappa shape index (κ2) is 31.7. The van der Waals surface area contributed by atoms with E-state index in [0.717, 1.165) is 16.0 Å². The number of fused-ring (bicyclic) bond motifs is 5. The Kier molecular flexibility index (Phi) is 25.7. The number of allylic oxidation sites excluding steroid dienone is 3. The zero-order chi connectivity index (χ0) is 63.8. The van der Waals surface area contributed by atoms with Crippen LogP contribution in [0.5, 0.6) is 5.75 Å². The van der Waals surface area contributed by atoms with Crippen molar-refractivity contribution in [3.8, 4) is 5.75 Å². The molecule has 0 radical (unpaired) electrons. The van der Waals surface area contributed by atoms with Gasteiger partial charge in [0, 0.05) is 62.2 Å². The summed E-state index contributed by atoms with van der Waals surface area (Å²) in [6, 6.07) is 4.46.